The first kappa shape index (κ1) is 18.8. The molecule has 146 valence electrons. The Morgan fingerprint density at radius 3 is 2.89 bits per heavy atom. The minimum absolute atomic E-state index is 0.0391. The number of aryl methyl sites for hydroxylation is 1. The monoisotopic (exact) mass is 396 g/mol. The molecule has 6 nitrogen and oxygen atoms in total. The van der Waals surface area contributed by atoms with Gasteiger partial charge in [0, 0.05) is 24.9 Å². The van der Waals surface area contributed by atoms with Gasteiger partial charge in [-0.3, -0.25) is 9.48 Å². The molecule has 28 heavy (non-hydrogen) atoms. The molecule has 0 spiro atoms. The Morgan fingerprint density at radius 1 is 1.29 bits per heavy atom. The first-order chi connectivity index (χ1) is 13.6. The van der Waals surface area contributed by atoms with Gasteiger partial charge in [0.2, 0.25) is 0 Å². The number of benzene rings is 1. The molecular formula is C21H24N4O2S. The van der Waals surface area contributed by atoms with Crippen molar-refractivity contribution < 1.29 is 9.90 Å². The van der Waals surface area contributed by atoms with E-state index < -0.39 is 6.10 Å². The molecule has 0 saturated carbocycles. The van der Waals surface area contributed by atoms with E-state index in [1.54, 1.807) is 0 Å². The molecule has 1 N–H and O–H groups in total. The zero-order valence-electron chi connectivity index (χ0n) is 15.9. The van der Waals surface area contributed by atoms with E-state index in [1.165, 1.54) is 16.9 Å². The van der Waals surface area contributed by atoms with Crippen LogP contribution in [0.25, 0.3) is 0 Å². The normalized spacial score (nSPS) is 15.1. The van der Waals surface area contributed by atoms with Crippen LogP contribution in [0.4, 0.5) is 0 Å². The van der Waals surface area contributed by atoms with Gasteiger partial charge >= 0.3 is 0 Å². The minimum atomic E-state index is -0.553. The molecular weight excluding hydrogens is 372 g/mol. The lowest BCUT2D eigenvalue weighted by Gasteiger charge is -2.18. The maximum atomic E-state index is 13.0. The Morgan fingerprint density at radius 2 is 2.11 bits per heavy atom. The summed E-state index contributed by atoms with van der Waals surface area (Å²) in [6, 6.07) is 12.1. The summed E-state index contributed by atoms with van der Waals surface area (Å²) in [4.78, 5) is 19.4. The first-order valence-corrected chi connectivity index (χ1v) is 10.5. The molecule has 0 aliphatic carbocycles. The van der Waals surface area contributed by atoms with E-state index in [1.807, 2.05) is 46.2 Å². The predicted octanol–water partition coefficient (Wildman–Crippen LogP) is 3.42. The molecule has 3 heterocycles. The first-order valence-electron chi connectivity index (χ1n) is 9.66. The van der Waals surface area contributed by atoms with Crippen LogP contribution in [-0.4, -0.2) is 37.2 Å². The van der Waals surface area contributed by atoms with Gasteiger partial charge < -0.3 is 10.0 Å². The summed E-state index contributed by atoms with van der Waals surface area (Å²) in [7, 11) is 0. The van der Waals surface area contributed by atoms with Crippen LogP contribution in [0.2, 0.25) is 0 Å². The van der Waals surface area contributed by atoms with Crippen LogP contribution in [0, 0.1) is 0 Å². The highest BCUT2D eigenvalue weighted by molar-refractivity contribution is 7.09. The van der Waals surface area contributed by atoms with E-state index in [0.717, 1.165) is 30.1 Å². The number of aliphatic hydroxyl groups excluding tert-OH is 1. The molecule has 0 radical (unpaired) electrons. The van der Waals surface area contributed by atoms with Gasteiger partial charge in [-0.2, -0.15) is 5.10 Å². The zero-order valence-corrected chi connectivity index (χ0v) is 16.7. The van der Waals surface area contributed by atoms with Crippen LogP contribution in [0.1, 0.15) is 58.3 Å². The van der Waals surface area contributed by atoms with Gasteiger partial charge in [0.05, 0.1) is 29.0 Å². The second-order valence-corrected chi connectivity index (χ2v) is 8.02. The molecule has 1 aliphatic heterocycles. The third kappa shape index (κ3) is 4.00. The average Bonchev–Trinajstić information content (AvgIpc) is 3.29. The van der Waals surface area contributed by atoms with E-state index in [4.69, 9.17) is 0 Å². The highest BCUT2D eigenvalue weighted by atomic mass is 32.1. The molecule has 7 heteroatoms. The summed E-state index contributed by atoms with van der Waals surface area (Å²) in [5.41, 5.74) is 3.35. The largest absolute Gasteiger partial charge is 0.387 e. The van der Waals surface area contributed by atoms with Gasteiger partial charge in [-0.25, -0.2) is 4.98 Å². The standard InChI is InChI=1S/C21H24N4O2S/c1-2-19(26)17-12-16-13-24(9-6-10-25(16)23-17)21(27)18-14-28-20(22-18)11-15-7-4-3-5-8-15/h3-5,7-8,12,14,19,26H,2,6,9-11,13H2,1H3/t19-/m0/s1. The quantitative estimate of drug-likeness (QED) is 0.717. The summed E-state index contributed by atoms with van der Waals surface area (Å²) in [5, 5.41) is 17.4. The number of rotatable bonds is 5. The lowest BCUT2D eigenvalue weighted by molar-refractivity contribution is 0.0740. The average molecular weight is 397 g/mol. The van der Waals surface area contributed by atoms with Crippen LogP contribution in [-0.2, 0) is 19.5 Å². The number of carbonyl (C=O) groups is 1. The number of aromatic nitrogens is 3. The molecule has 1 atom stereocenters. The van der Waals surface area contributed by atoms with Crippen molar-refractivity contribution in [2.45, 2.75) is 45.4 Å². The number of hydrogen-bond donors (Lipinski definition) is 1. The van der Waals surface area contributed by atoms with Crippen LogP contribution in [0.15, 0.2) is 41.8 Å². The fraction of sp³-hybridized carbons (Fsp3) is 0.381. The lowest BCUT2D eigenvalue weighted by Crippen LogP contribution is -2.31. The Hall–Kier alpha value is -2.51. The third-order valence-electron chi connectivity index (χ3n) is 5.02. The number of amides is 1. The summed E-state index contributed by atoms with van der Waals surface area (Å²) in [6.07, 6.45) is 1.65. The second-order valence-electron chi connectivity index (χ2n) is 7.08. The van der Waals surface area contributed by atoms with Crippen LogP contribution >= 0.6 is 11.3 Å². The van der Waals surface area contributed by atoms with Gasteiger partial charge in [-0.1, -0.05) is 37.3 Å². The van der Waals surface area contributed by atoms with Gasteiger partial charge in [0.1, 0.15) is 5.69 Å². The number of carbonyl (C=O) groups excluding carboxylic acids is 1. The molecule has 0 saturated heterocycles. The number of nitrogens with zero attached hydrogens (tertiary/aromatic N) is 4. The highest BCUT2D eigenvalue weighted by Crippen LogP contribution is 2.22. The molecule has 0 fully saturated rings. The molecule has 1 amide bonds. The van der Waals surface area contributed by atoms with Gasteiger partial charge in [0.15, 0.2) is 0 Å². The lowest BCUT2D eigenvalue weighted by atomic mass is 10.2. The highest BCUT2D eigenvalue weighted by Gasteiger charge is 2.24. The van der Waals surface area contributed by atoms with Crippen LogP contribution in [0.5, 0.6) is 0 Å². The van der Waals surface area contributed by atoms with Crippen molar-refractivity contribution in [1.82, 2.24) is 19.7 Å². The Kier molecular flexibility index (Phi) is 5.54. The molecule has 0 unspecified atom stereocenters. The third-order valence-corrected chi connectivity index (χ3v) is 5.87. The fourth-order valence-corrected chi connectivity index (χ4v) is 4.25. The van der Waals surface area contributed by atoms with Gasteiger partial charge in [0.25, 0.3) is 5.91 Å². The topological polar surface area (TPSA) is 71.2 Å². The van der Waals surface area contributed by atoms with Crippen molar-refractivity contribution >= 4 is 17.2 Å². The Bertz CT molecular complexity index is 950. The second kappa shape index (κ2) is 8.24. The van der Waals surface area contributed by atoms with E-state index in [2.05, 4.69) is 22.2 Å². The molecule has 1 aliphatic rings. The molecule has 3 aromatic rings. The van der Waals surface area contributed by atoms with Crippen molar-refractivity contribution in [3.63, 3.8) is 0 Å². The van der Waals surface area contributed by atoms with E-state index in [-0.39, 0.29) is 5.91 Å². The van der Waals surface area contributed by atoms with Crippen molar-refractivity contribution in [2.24, 2.45) is 0 Å². The maximum Gasteiger partial charge on any atom is 0.273 e. The fourth-order valence-electron chi connectivity index (χ4n) is 3.45. The zero-order chi connectivity index (χ0) is 19.5. The van der Waals surface area contributed by atoms with E-state index in [9.17, 15) is 9.90 Å². The molecule has 0 bridgehead atoms. The SMILES string of the molecule is CC[C@H](O)c1cc2n(n1)CCCN(C(=O)c1csc(Cc3ccccc3)n1)C2. The van der Waals surface area contributed by atoms with Crippen molar-refractivity contribution in [3.05, 3.63) is 69.4 Å². The summed E-state index contributed by atoms with van der Waals surface area (Å²) < 4.78 is 1.92. The number of thiazole rings is 1. The van der Waals surface area contributed by atoms with E-state index in [0.29, 0.717) is 30.9 Å². The molecule has 4 rings (SSSR count). The molecule has 1 aromatic carbocycles. The number of aliphatic hydroxyl groups is 1. The van der Waals surface area contributed by atoms with E-state index >= 15 is 0 Å². The van der Waals surface area contributed by atoms with Crippen LogP contribution in [0.3, 0.4) is 0 Å². The summed E-state index contributed by atoms with van der Waals surface area (Å²) in [5.74, 6) is -0.0391. The summed E-state index contributed by atoms with van der Waals surface area (Å²) >= 11 is 1.53. The van der Waals surface area contributed by atoms with Crippen molar-refractivity contribution in [3.8, 4) is 0 Å². The van der Waals surface area contributed by atoms with Crippen molar-refractivity contribution in [2.75, 3.05) is 6.54 Å². The molecule has 2 aromatic heterocycles. The smallest absolute Gasteiger partial charge is 0.273 e. The minimum Gasteiger partial charge on any atom is -0.387 e. The van der Waals surface area contributed by atoms with Crippen molar-refractivity contribution in [1.29, 1.82) is 0 Å². The summed E-state index contributed by atoms with van der Waals surface area (Å²) in [6.45, 7) is 3.86. The van der Waals surface area contributed by atoms with Gasteiger partial charge in [-0.05, 0) is 24.5 Å². The Balaban J connectivity index is 1.48. The Labute approximate surface area is 168 Å². The predicted molar refractivity (Wildman–Crippen MR) is 108 cm³/mol. The van der Waals surface area contributed by atoms with Crippen LogP contribution < -0.4 is 0 Å². The number of fused-ring (bicyclic) bond motifs is 1. The van der Waals surface area contributed by atoms with Gasteiger partial charge in [-0.15, -0.1) is 11.3 Å². The maximum absolute atomic E-state index is 13.0. The number of hydrogen-bond acceptors (Lipinski definition) is 5.